The molecule has 1 aromatic heterocycles. The van der Waals surface area contributed by atoms with Gasteiger partial charge in [-0.25, -0.2) is 4.39 Å². The Morgan fingerprint density at radius 3 is 2.65 bits per heavy atom. The average Bonchev–Trinajstić information content (AvgIpc) is 2.45. The molecule has 5 heteroatoms. The molecule has 1 unspecified atom stereocenters. The van der Waals surface area contributed by atoms with E-state index in [1.165, 1.54) is 0 Å². The molecule has 0 aliphatic carbocycles. The lowest BCUT2D eigenvalue weighted by molar-refractivity contribution is 0.535. The van der Waals surface area contributed by atoms with Gasteiger partial charge in [0.05, 0.1) is 16.2 Å². The lowest BCUT2D eigenvalue weighted by atomic mass is 10.0. The molecule has 0 saturated carbocycles. The van der Waals surface area contributed by atoms with E-state index in [9.17, 15) is 4.39 Å². The van der Waals surface area contributed by atoms with Crippen LogP contribution in [-0.2, 0) is 0 Å². The summed E-state index contributed by atoms with van der Waals surface area (Å²) in [5.74, 6) is -0.251. The fourth-order valence-corrected chi connectivity index (χ4v) is 2.86. The van der Waals surface area contributed by atoms with Crippen LogP contribution in [0.4, 0.5) is 4.39 Å². The summed E-state index contributed by atoms with van der Waals surface area (Å²) in [5.41, 5.74) is 1.38. The number of hydrogen-bond donors (Lipinski definition) is 1. The second kappa shape index (κ2) is 7.29. The molecular formula is C15H15Br2FN2. The number of nitrogens with zero attached hydrogens (tertiary/aromatic N) is 1. The molecule has 1 N–H and O–H groups in total. The van der Waals surface area contributed by atoms with E-state index in [0.29, 0.717) is 10.0 Å². The van der Waals surface area contributed by atoms with Crippen molar-refractivity contribution in [3.8, 4) is 0 Å². The number of aromatic nitrogens is 1. The molecule has 0 saturated heterocycles. The second-order valence-electron chi connectivity index (χ2n) is 4.40. The SMILES string of the molecule is CCCNC(c1cccc(Br)c1F)c1ncccc1Br. The molecule has 1 aromatic carbocycles. The van der Waals surface area contributed by atoms with E-state index < -0.39 is 0 Å². The molecule has 106 valence electrons. The molecule has 2 rings (SSSR count). The molecule has 1 atom stereocenters. The minimum absolute atomic E-state index is 0.251. The van der Waals surface area contributed by atoms with Gasteiger partial charge in [0.1, 0.15) is 5.82 Å². The molecule has 1 heterocycles. The van der Waals surface area contributed by atoms with E-state index in [1.54, 1.807) is 18.3 Å². The molecule has 0 spiro atoms. The van der Waals surface area contributed by atoms with Crippen molar-refractivity contribution in [3.05, 3.63) is 62.5 Å². The first kappa shape index (κ1) is 15.6. The largest absolute Gasteiger partial charge is 0.305 e. The molecular weight excluding hydrogens is 387 g/mol. The summed E-state index contributed by atoms with van der Waals surface area (Å²) in [6.45, 7) is 2.87. The number of hydrogen-bond acceptors (Lipinski definition) is 2. The average molecular weight is 402 g/mol. The van der Waals surface area contributed by atoms with Crippen LogP contribution in [0.25, 0.3) is 0 Å². The molecule has 0 aliphatic rings. The zero-order valence-corrected chi connectivity index (χ0v) is 14.2. The van der Waals surface area contributed by atoms with Crippen LogP contribution in [0.3, 0.4) is 0 Å². The van der Waals surface area contributed by atoms with Gasteiger partial charge in [0.15, 0.2) is 0 Å². The second-order valence-corrected chi connectivity index (χ2v) is 6.11. The summed E-state index contributed by atoms with van der Waals surface area (Å²) in [5, 5.41) is 3.36. The summed E-state index contributed by atoms with van der Waals surface area (Å²) < 4.78 is 15.7. The molecule has 0 radical (unpaired) electrons. The Balaban J connectivity index is 2.47. The number of benzene rings is 1. The predicted molar refractivity (Wildman–Crippen MR) is 86.2 cm³/mol. The Hall–Kier alpha value is -0.780. The van der Waals surface area contributed by atoms with Crippen molar-refractivity contribution in [2.24, 2.45) is 0 Å². The predicted octanol–water partition coefficient (Wildman–Crippen LogP) is 4.83. The number of pyridine rings is 1. The lowest BCUT2D eigenvalue weighted by Crippen LogP contribution is -2.25. The highest BCUT2D eigenvalue weighted by Gasteiger charge is 2.21. The first-order chi connectivity index (χ1) is 9.65. The highest BCUT2D eigenvalue weighted by atomic mass is 79.9. The third-order valence-corrected chi connectivity index (χ3v) is 4.23. The number of rotatable bonds is 5. The monoisotopic (exact) mass is 400 g/mol. The maximum atomic E-state index is 14.4. The Morgan fingerprint density at radius 1 is 1.20 bits per heavy atom. The van der Waals surface area contributed by atoms with Crippen LogP contribution in [0.15, 0.2) is 45.5 Å². The van der Waals surface area contributed by atoms with Gasteiger partial charge >= 0.3 is 0 Å². The number of halogens is 3. The third kappa shape index (κ3) is 3.45. The van der Waals surface area contributed by atoms with Gasteiger partial charge in [-0.2, -0.15) is 0 Å². The molecule has 2 aromatic rings. The third-order valence-electron chi connectivity index (χ3n) is 2.95. The quantitative estimate of drug-likeness (QED) is 0.775. The van der Waals surface area contributed by atoms with Crippen LogP contribution in [0, 0.1) is 5.82 Å². The fraction of sp³-hybridized carbons (Fsp3) is 0.267. The zero-order chi connectivity index (χ0) is 14.5. The first-order valence-electron chi connectivity index (χ1n) is 6.42. The van der Waals surface area contributed by atoms with Crippen LogP contribution in [0.2, 0.25) is 0 Å². The van der Waals surface area contributed by atoms with Crippen molar-refractivity contribution < 1.29 is 4.39 Å². The molecule has 0 amide bonds. The summed E-state index contributed by atoms with van der Waals surface area (Å²) in [6, 6.07) is 8.81. The van der Waals surface area contributed by atoms with Crippen LogP contribution in [0.5, 0.6) is 0 Å². The van der Waals surface area contributed by atoms with Crippen molar-refractivity contribution in [2.75, 3.05) is 6.54 Å². The number of nitrogens with one attached hydrogen (secondary N) is 1. The van der Waals surface area contributed by atoms with Crippen molar-refractivity contribution in [1.29, 1.82) is 0 Å². The molecule has 2 nitrogen and oxygen atoms in total. The van der Waals surface area contributed by atoms with Crippen molar-refractivity contribution in [3.63, 3.8) is 0 Å². The van der Waals surface area contributed by atoms with Crippen LogP contribution < -0.4 is 5.32 Å². The molecule has 0 aliphatic heterocycles. The van der Waals surface area contributed by atoms with Crippen molar-refractivity contribution in [1.82, 2.24) is 10.3 Å². The first-order valence-corrected chi connectivity index (χ1v) is 8.01. The van der Waals surface area contributed by atoms with Gasteiger partial charge in [-0.05, 0) is 63.0 Å². The minimum Gasteiger partial charge on any atom is -0.305 e. The van der Waals surface area contributed by atoms with Crippen LogP contribution in [0.1, 0.15) is 30.6 Å². The molecule has 0 fully saturated rings. The summed E-state index contributed by atoms with van der Waals surface area (Å²) in [4.78, 5) is 4.39. The topological polar surface area (TPSA) is 24.9 Å². The normalized spacial score (nSPS) is 12.4. The highest BCUT2D eigenvalue weighted by Crippen LogP contribution is 2.30. The molecule has 20 heavy (non-hydrogen) atoms. The van der Waals surface area contributed by atoms with Gasteiger partial charge in [0.25, 0.3) is 0 Å². The van der Waals surface area contributed by atoms with E-state index in [-0.39, 0.29) is 11.9 Å². The van der Waals surface area contributed by atoms with Crippen molar-refractivity contribution in [2.45, 2.75) is 19.4 Å². The fourth-order valence-electron chi connectivity index (χ4n) is 2.00. The Bertz CT molecular complexity index is 590. The van der Waals surface area contributed by atoms with E-state index in [0.717, 1.165) is 23.1 Å². The standard InChI is InChI=1S/C15H15Br2FN2/c1-2-8-19-14(15-12(17)7-4-9-20-15)10-5-3-6-11(16)13(10)18/h3-7,9,14,19H,2,8H2,1H3. The van der Waals surface area contributed by atoms with Crippen LogP contribution in [-0.4, -0.2) is 11.5 Å². The zero-order valence-electron chi connectivity index (χ0n) is 11.0. The van der Waals surface area contributed by atoms with Gasteiger partial charge < -0.3 is 5.32 Å². The maximum Gasteiger partial charge on any atom is 0.142 e. The van der Waals surface area contributed by atoms with Crippen LogP contribution >= 0.6 is 31.9 Å². The van der Waals surface area contributed by atoms with E-state index in [4.69, 9.17) is 0 Å². The van der Waals surface area contributed by atoms with E-state index in [1.807, 2.05) is 18.2 Å². The van der Waals surface area contributed by atoms with Gasteiger partial charge in [-0.3, -0.25) is 4.98 Å². The minimum atomic E-state index is -0.275. The van der Waals surface area contributed by atoms with E-state index >= 15 is 0 Å². The van der Waals surface area contributed by atoms with Crippen molar-refractivity contribution >= 4 is 31.9 Å². The summed E-state index contributed by atoms with van der Waals surface area (Å²) in [7, 11) is 0. The Labute approximate surface area is 135 Å². The van der Waals surface area contributed by atoms with Gasteiger partial charge in [0, 0.05) is 16.2 Å². The maximum absolute atomic E-state index is 14.4. The summed E-state index contributed by atoms with van der Waals surface area (Å²) in [6.07, 6.45) is 2.69. The Morgan fingerprint density at radius 2 is 1.95 bits per heavy atom. The lowest BCUT2D eigenvalue weighted by Gasteiger charge is -2.20. The molecule has 0 bridgehead atoms. The summed E-state index contributed by atoms with van der Waals surface area (Å²) >= 11 is 6.73. The highest BCUT2D eigenvalue weighted by molar-refractivity contribution is 9.10. The van der Waals surface area contributed by atoms with Gasteiger partial charge in [-0.1, -0.05) is 19.1 Å². The van der Waals surface area contributed by atoms with Gasteiger partial charge in [-0.15, -0.1) is 0 Å². The Kier molecular flexibility index (Phi) is 5.69. The smallest absolute Gasteiger partial charge is 0.142 e. The van der Waals surface area contributed by atoms with Gasteiger partial charge in [0.2, 0.25) is 0 Å². The van der Waals surface area contributed by atoms with E-state index in [2.05, 4.69) is 49.1 Å².